The summed E-state index contributed by atoms with van der Waals surface area (Å²) in [6.07, 6.45) is 1.76. The molecule has 0 saturated heterocycles. The van der Waals surface area contributed by atoms with E-state index in [0.29, 0.717) is 18.3 Å². The predicted molar refractivity (Wildman–Crippen MR) is 106 cm³/mol. The minimum Gasteiger partial charge on any atom is -0.344 e. The molecule has 0 aliphatic rings. The lowest BCUT2D eigenvalue weighted by atomic mass is 10.2. The van der Waals surface area contributed by atoms with Crippen LogP contribution in [0.2, 0.25) is 0 Å². The zero-order valence-electron chi connectivity index (χ0n) is 15.0. The zero-order chi connectivity index (χ0) is 18.6. The van der Waals surface area contributed by atoms with Gasteiger partial charge in [0.15, 0.2) is 10.9 Å². The van der Waals surface area contributed by atoms with E-state index in [1.807, 2.05) is 43.3 Å². The number of fused-ring (bicyclic) bond motifs is 1. The Balaban J connectivity index is 2.02. The van der Waals surface area contributed by atoms with Crippen molar-refractivity contribution in [3.05, 3.63) is 53.7 Å². The van der Waals surface area contributed by atoms with Crippen LogP contribution in [0.3, 0.4) is 0 Å². The van der Waals surface area contributed by atoms with Gasteiger partial charge in [-0.25, -0.2) is 9.97 Å². The molecule has 26 heavy (non-hydrogen) atoms. The van der Waals surface area contributed by atoms with E-state index >= 15 is 0 Å². The molecule has 0 saturated carbocycles. The van der Waals surface area contributed by atoms with Gasteiger partial charge in [0.05, 0.1) is 13.2 Å². The van der Waals surface area contributed by atoms with Crippen molar-refractivity contribution in [3.8, 4) is 0 Å². The third-order valence-corrected chi connectivity index (χ3v) is 7.00. The molecule has 0 aliphatic carbocycles. The molecule has 0 aliphatic heterocycles. The summed E-state index contributed by atoms with van der Waals surface area (Å²) in [5.74, 6) is -0.649. The monoisotopic (exact) mass is 391 g/mol. The molecule has 0 fully saturated rings. The molecule has 1 atom stereocenters. The van der Waals surface area contributed by atoms with Crippen LogP contribution in [-0.4, -0.2) is 23.2 Å². The summed E-state index contributed by atoms with van der Waals surface area (Å²) >= 11 is 1.42. The highest BCUT2D eigenvalue weighted by molar-refractivity contribution is 7.54. The number of anilines is 1. The highest BCUT2D eigenvalue weighted by atomic mass is 32.1. The molecule has 1 N–H and O–H groups in total. The Bertz CT molecular complexity index is 906. The summed E-state index contributed by atoms with van der Waals surface area (Å²) in [5, 5.41) is 3.91. The maximum Gasteiger partial charge on any atom is 0.357 e. The van der Waals surface area contributed by atoms with Crippen LogP contribution < -0.4 is 5.32 Å². The molecular formula is C18H22N3O3PS. The van der Waals surface area contributed by atoms with Crippen molar-refractivity contribution in [2.24, 2.45) is 0 Å². The number of aryl methyl sites for hydroxylation is 1. The number of benzene rings is 1. The van der Waals surface area contributed by atoms with Crippen LogP contribution in [0.4, 0.5) is 5.13 Å². The van der Waals surface area contributed by atoms with Gasteiger partial charge < -0.3 is 14.4 Å². The first-order chi connectivity index (χ1) is 12.6. The van der Waals surface area contributed by atoms with Gasteiger partial charge in [-0.2, -0.15) is 0 Å². The van der Waals surface area contributed by atoms with Gasteiger partial charge in [-0.3, -0.25) is 4.57 Å². The van der Waals surface area contributed by atoms with E-state index in [2.05, 4.69) is 15.3 Å². The highest BCUT2D eigenvalue weighted by Crippen LogP contribution is 2.60. The predicted octanol–water partition coefficient (Wildman–Crippen LogP) is 5.38. The molecule has 8 heteroatoms. The van der Waals surface area contributed by atoms with E-state index in [4.69, 9.17) is 9.05 Å². The van der Waals surface area contributed by atoms with Crippen molar-refractivity contribution >= 4 is 34.4 Å². The van der Waals surface area contributed by atoms with Gasteiger partial charge in [0, 0.05) is 6.20 Å². The van der Waals surface area contributed by atoms with E-state index in [9.17, 15) is 4.57 Å². The molecule has 0 amide bonds. The van der Waals surface area contributed by atoms with Gasteiger partial charge in [0.25, 0.3) is 0 Å². The molecule has 2 heterocycles. The van der Waals surface area contributed by atoms with Crippen LogP contribution in [0, 0.1) is 6.92 Å². The Morgan fingerprint density at radius 3 is 2.46 bits per heavy atom. The number of thiazole rings is 1. The maximum absolute atomic E-state index is 13.5. The van der Waals surface area contributed by atoms with Crippen molar-refractivity contribution in [1.29, 1.82) is 0 Å². The SMILES string of the molecule is CCOP(=O)(OCC)C(Nc1nc2c(C)ccnc2s1)c1ccccc1. The van der Waals surface area contributed by atoms with Crippen molar-refractivity contribution in [3.63, 3.8) is 0 Å². The number of nitrogens with one attached hydrogen (secondary N) is 1. The Hall–Kier alpha value is -1.79. The number of nitrogens with zero attached hydrogens (tertiary/aromatic N) is 2. The summed E-state index contributed by atoms with van der Waals surface area (Å²) in [6, 6.07) is 11.4. The number of rotatable bonds is 8. The van der Waals surface area contributed by atoms with E-state index in [-0.39, 0.29) is 0 Å². The van der Waals surface area contributed by atoms with Crippen LogP contribution in [-0.2, 0) is 13.6 Å². The maximum atomic E-state index is 13.5. The van der Waals surface area contributed by atoms with Crippen LogP contribution in [0.1, 0.15) is 30.8 Å². The minimum atomic E-state index is -3.44. The number of hydrogen-bond donors (Lipinski definition) is 1. The van der Waals surface area contributed by atoms with Crippen LogP contribution in [0.5, 0.6) is 0 Å². The molecule has 0 spiro atoms. The van der Waals surface area contributed by atoms with Gasteiger partial charge in [-0.15, -0.1) is 0 Å². The van der Waals surface area contributed by atoms with Crippen LogP contribution in [0.15, 0.2) is 42.6 Å². The van der Waals surface area contributed by atoms with Crippen molar-refractivity contribution in [1.82, 2.24) is 9.97 Å². The lowest BCUT2D eigenvalue weighted by molar-refractivity contribution is 0.214. The summed E-state index contributed by atoms with van der Waals surface area (Å²) < 4.78 is 24.6. The number of hydrogen-bond acceptors (Lipinski definition) is 7. The summed E-state index contributed by atoms with van der Waals surface area (Å²) in [6.45, 7) is 6.19. The van der Waals surface area contributed by atoms with Crippen LogP contribution >= 0.6 is 18.9 Å². The van der Waals surface area contributed by atoms with Crippen molar-refractivity contribution in [2.75, 3.05) is 18.5 Å². The van der Waals surface area contributed by atoms with E-state index in [1.54, 1.807) is 20.0 Å². The molecule has 6 nitrogen and oxygen atoms in total. The smallest absolute Gasteiger partial charge is 0.344 e. The molecule has 0 radical (unpaired) electrons. The van der Waals surface area contributed by atoms with Gasteiger partial charge in [0.2, 0.25) is 0 Å². The summed E-state index contributed by atoms with van der Waals surface area (Å²) in [4.78, 5) is 9.82. The Labute approximate surface area is 157 Å². The van der Waals surface area contributed by atoms with Crippen molar-refractivity contribution in [2.45, 2.75) is 26.6 Å². The largest absolute Gasteiger partial charge is 0.357 e. The number of aromatic nitrogens is 2. The molecule has 3 aromatic rings. The Morgan fingerprint density at radius 1 is 1.15 bits per heavy atom. The highest BCUT2D eigenvalue weighted by Gasteiger charge is 2.37. The average molecular weight is 391 g/mol. The fraction of sp³-hybridized carbons (Fsp3) is 0.333. The summed E-state index contributed by atoms with van der Waals surface area (Å²) in [5.41, 5.74) is 2.71. The topological polar surface area (TPSA) is 73.3 Å². The summed E-state index contributed by atoms with van der Waals surface area (Å²) in [7, 11) is -3.44. The molecule has 1 unspecified atom stereocenters. The first-order valence-electron chi connectivity index (χ1n) is 8.49. The van der Waals surface area contributed by atoms with Gasteiger partial charge >= 0.3 is 7.60 Å². The third kappa shape index (κ3) is 3.96. The first kappa shape index (κ1) is 19.0. The average Bonchev–Trinajstić information content (AvgIpc) is 3.05. The van der Waals surface area contributed by atoms with E-state index < -0.39 is 13.4 Å². The number of pyridine rings is 1. The quantitative estimate of drug-likeness (QED) is 0.520. The van der Waals surface area contributed by atoms with Crippen LogP contribution in [0.25, 0.3) is 10.3 Å². The standard InChI is InChI=1S/C18H22N3O3PS/c1-4-23-25(22,24-5-2)16(14-9-7-6-8-10-14)21-18-20-15-13(3)11-12-19-17(15)26-18/h6-12,16H,4-5H2,1-3H3,(H,20,21). The fourth-order valence-electron chi connectivity index (χ4n) is 2.66. The molecular weight excluding hydrogens is 369 g/mol. The third-order valence-electron chi connectivity index (χ3n) is 3.81. The second kappa shape index (κ2) is 8.27. The lowest BCUT2D eigenvalue weighted by Gasteiger charge is -2.27. The van der Waals surface area contributed by atoms with Gasteiger partial charge in [-0.1, -0.05) is 41.7 Å². The fourth-order valence-corrected chi connectivity index (χ4v) is 5.57. The first-order valence-corrected chi connectivity index (χ1v) is 10.9. The van der Waals surface area contributed by atoms with E-state index in [0.717, 1.165) is 21.5 Å². The normalized spacial score (nSPS) is 13.0. The Morgan fingerprint density at radius 2 is 1.85 bits per heavy atom. The van der Waals surface area contributed by atoms with Gasteiger partial charge in [0.1, 0.15) is 10.3 Å². The second-order valence-electron chi connectivity index (χ2n) is 5.63. The molecule has 0 bridgehead atoms. The second-order valence-corrected chi connectivity index (χ2v) is 8.72. The van der Waals surface area contributed by atoms with E-state index in [1.165, 1.54) is 11.3 Å². The van der Waals surface area contributed by atoms with Crippen molar-refractivity contribution < 1.29 is 13.6 Å². The molecule has 3 rings (SSSR count). The molecule has 138 valence electrons. The Kier molecular flexibility index (Phi) is 6.04. The van der Waals surface area contributed by atoms with Gasteiger partial charge in [-0.05, 0) is 38.0 Å². The zero-order valence-corrected chi connectivity index (χ0v) is 16.7. The molecule has 2 aromatic heterocycles. The minimum absolute atomic E-state index is 0.294. The molecule has 1 aromatic carbocycles. The lowest BCUT2D eigenvalue weighted by Crippen LogP contribution is -2.15.